The third kappa shape index (κ3) is 8.12. The van der Waals surface area contributed by atoms with Crippen molar-refractivity contribution in [2.24, 2.45) is 5.10 Å². The number of hydrogen-bond donors (Lipinski definition) is 3. The van der Waals surface area contributed by atoms with E-state index in [1.807, 2.05) is 20.2 Å². The number of nitrogens with one attached hydrogen (secondary N) is 2. The minimum absolute atomic E-state index is 0.0815. The lowest BCUT2D eigenvalue weighted by atomic mass is 10.1. The molecule has 206 valence electrons. The quantitative estimate of drug-likeness (QED) is 0.138. The van der Waals surface area contributed by atoms with Crippen LogP contribution in [0, 0.1) is 0 Å². The molecule has 0 saturated carbocycles. The number of aromatic hydroxyl groups is 1. The van der Waals surface area contributed by atoms with Gasteiger partial charge in [0.1, 0.15) is 5.75 Å². The number of hydrazone groups is 1. The number of carbonyl (C=O) groups excluding carboxylic acids is 2. The molecule has 11 nitrogen and oxygen atoms in total. The number of phenols is 1. The van der Waals surface area contributed by atoms with Crippen molar-refractivity contribution >= 4 is 47.1 Å². The fourth-order valence-corrected chi connectivity index (χ4v) is 4.54. The molecule has 1 heterocycles. The Labute approximate surface area is 240 Å². The highest BCUT2D eigenvalue weighted by atomic mass is 35.5. The number of likely N-dealkylation sites (N-methyl/N-ethyl adjacent to an activating group) is 1. The van der Waals surface area contributed by atoms with E-state index in [0.29, 0.717) is 33.6 Å². The number of halogens is 1. The first-order valence-corrected chi connectivity index (χ1v) is 13.5. The fraction of sp³-hybridized carbons (Fsp3) is 0.185. The molecule has 0 radical (unpaired) electrons. The van der Waals surface area contributed by atoms with Gasteiger partial charge in [-0.3, -0.25) is 9.59 Å². The number of phenolic OH excluding ortho intramolecular Hbond substituents is 1. The van der Waals surface area contributed by atoms with E-state index >= 15 is 0 Å². The second-order valence-corrected chi connectivity index (χ2v) is 10.3. The van der Waals surface area contributed by atoms with Crippen LogP contribution in [0.25, 0.3) is 0 Å². The molecule has 13 heteroatoms. The number of amides is 2. The maximum atomic E-state index is 13.1. The molecule has 0 unspecified atom stereocenters. The van der Waals surface area contributed by atoms with E-state index in [-0.39, 0.29) is 22.9 Å². The van der Waals surface area contributed by atoms with Gasteiger partial charge in [0.15, 0.2) is 0 Å². The van der Waals surface area contributed by atoms with Gasteiger partial charge in [-0.25, -0.2) is 10.1 Å². The van der Waals surface area contributed by atoms with Crippen molar-refractivity contribution in [2.45, 2.75) is 17.5 Å². The topological polar surface area (TPSA) is 138 Å². The molecule has 0 fully saturated rings. The third-order valence-corrected chi connectivity index (χ3v) is 6.80. The summed E-state index contributed by atoms with van der Waals surface area (Å²) in [6.45, 7) is 1.48. The Balaban J connectivity index is 1.41. The zero-order valence-corrected chi connectivity index (χ0v) is 23.4. The van der Waals surface area contributed by atoms with Crippen molar-refractivity contribution < 1.29 is 14.7 Å². The minimum Gasteiger partial charge on any atom is -0.508 e. The number of aromatic nitrogens is 4. The second-order valence-electron chi connectivity index (χ2n) is 8.92. The van der Waals surface area contributed by atoms with E-state index in [1.54, 1.807) is 47.1 Å². The summed E-state index contributed by atoms with van der Waals surface area (Å²) in [4.78, 5) is 28.0. The molecule has 3 aromatic carbocycles. The minimum atomic E-state index is -0.564. The number of tetrazole rings is 1. The predicted octanol–water partition coefficient (Wildman–Crippen LogP) is 3.90. The Hall–Kier alpha value is -4.26. The molecule has 2 amide bonds. The van der Waals surface area contributed by atoms with Crippen molar-refractivity contribution in [1.82, 2.24) is 30.5 Å². The molecule has 4 aromatic rings. The fourth-order valence-electron chi connectivity index (χ4n) is 3.52. The summed E-state index contributed by atoms with van der Waals surface area (Å²) in [6, 6.07) is 18.2. The van der Waals surface area contributed by atoms with Crippen molar-refractivity contribution in [1.29, 1.82) is 0 Å². The van der Waals surface area contributed by atoms with Crippen molar-refractivity contribution in [3.8, 4) is 5.75 Å². The number of benzene rings is 3. The lowest BCUT2D eigenvalue weighted by Gasteiger charge is -2.12. The van der Waals surface area contributed by atoms with E-state index in [9.17, 15) is 14.7 Å². The molecule has 40 heavy (non-hydrogen) atoms. The van der Waals surface area contributed by atoms with Gasteiger partial charge in [0, 0.05) is 22.9 Å². The Morgan fingerprint density at radius 2 is 1.93 bits per heavy atom. The Bertz CT molecular complexity index is 1530. The molecule has 0 bridgehead atoms. The number of rotatable bonds is 11. The highest BCUT2D eigenvalue weighted by Gasteiger charge is 2.16. The highest BCUT2D eigenvalue weighted by molar-refractivity contribution is 7.98. The van der Waals surface area contributed by atoms with Gasteiger partial charge in [-0.05, 0) is 78.1 Å². The van der Waals surface area contributed by atoms with Crippen molar-refractivity contribution in [3.63, 3.8) is 0 Å². The normalized spacial score (nSPS) is 11.2. The Morgan fingerprint density at radius 3 is 2.73 bits per heavy atom. The maximum absolute atomic E-state index is 13.1. The van der Waals surface area contributed by atoms with Crippen LogP contribution in [-0.2, 0) is 12.3 Å². The zero-order valence-electron chi connectivity index (χ0n) is 21.8. The molecule has 4 rings (SSSR count). The lowest BCUT2D eigenvalue weighted by Crippen LogP contribution is -2.21. The summed E-state index contributed by atoms with van der Waals surface area (Å²) in [5, 5.41) is 29.2. The highest BCUT2D eigenvalue weighted by Crippen LogP contribution is 2.23. The largest absolute Gasteiger partial charge is 0.508 e. The molecule has 0 aliphatic carbocycles. The van der Waals surface area contributed by atoms with Crippen LogP contribution >= 0.6 is 23.4 Å². The summed E-state index contributed by atoms with van der Waals surface area (Å²) in [5.41, 5.74) is 4.78. The molecule has 3 N–H and O–H groups in total. The number of thioether (sulfide) groups is 1. The van der Waals surface area contributed by atoms with Crippen molar-refractivity contribution in [2.75, 3.05) is 26.0 Å². The first kappa shape index (κ1) is 28.7. The summed E-state index contributed by atoms with van der Waals surface area (Å²) in [6.07, 6.45) is 1.39. The van der Waals surface area contributed by atoms with E-state index in [2.05, 4.69) is 36.3 Å². The molecule has 0 aliphatic rings. The van der Waals surface area contributed by atoms with Gasteiger partial charge in [0.25, 0.3) is 11.8 Å². The van der Waals surface area contributed by atoms with Crippen LogP contribution in [0.2, 0.25) is 5.02 Å². The first-order chi connectivity index (χ1) is 19.3. The molecule has 1 aromatic heterocycles. The third-order valence-electron chi connectivity index (χ3n) is 5.54. The maximum Gasteiger partial charge on any atom is 0.273 e. The van der Waals surface area contributed by atoms with Gasteiger partial charge in [-0.1, -0.05) is 47.6 Å². The van der Waals surface area contributed by atoms with Crippen LogP contribution in [0.4, 0.5) is 5.69 Å². The van der Waals surface area contributed by atoms with Gasteiger partial charge in [0.05, 0.1) is 24.0 Å². The van der Waals surface area contributed by atoms with Gasteiger partial charge in [-0.15, -0.1) is 5.10 Å². The molecule has 0 spiro atoms. The average Bonchev–Trinajstić information content (AvgIpc) is 3.39. The molecular formula is C27H27ClN8O3S. The molecule has 0 saturated heterocycles. The van der Waals surface area contributed by atoms with Gasteiger partial charge >= 0.3 is 0 Å². The number of hydrogen-bond acceptors (Lipinski definition) is 9. The monoisotopic (exact) mass is 578 g/mol. The van der Waals surface area contributed by atoms with Crippen LogP contribution < -0.4 is 10.7 Å². The number of nitrogens with zero attached hydrogens (tertiary/aromatic N) is 6. The van der Waals surface area contributed by atoms with Gasteiger partial charge in [-0.2, -0.15) is 5.10 Å². The summed E-state index contributed by atoms with van der Waals surface area (Å²) >= 11 is 7.61. The van der Waals surface area contributed by atoms with E-state index in [4.69, 9.17) is 11.6 Å². The summed E-state index contributed by atoms with van der Waals surface area (Å²) in [7, 11) is 3.97. The van der Waals surface area contributed by atoms with E-state index < -0.39 is 5.91 Å². The number of carbonyl (C=O) groups is 2. The molecule has 0 atom stereocenters. The van der Waals surface area contributed by atoms with E-state index in [1.165, 1.54) is 36.2 Å². The average molecular weight is 579 g/mol. The standard InChI is InChI=1S/C27H27ClN8O3S/c1-35(2)11-12-36-27(32-33-34-36)40-17-19-6-3-7-20(13-19)25(38)30-24-10-9-21(28)15-23(24)26(39)31-29-16-18-5-4-8-22(37)14-18/h3-10,13-16,37H,11-12,17H2,1-2H3,(H,30,38)(H,31,39)/b29-16+. The Kier molecular flexibility index (Phi) is 9.84. The van der Waals surface area contributed by atoms with Crippen LogP contribution in [0.15, 0.2) is 77.0 Å². The SMILES string of the molecule is CN(C)CCn1nnnc1SCc1cccc(C(=O)Nc2ccc(Cl)cc2C(=O)N/N=C/c2cccc(O)c2)c1. The number of anilines is 1. The van der Waals surface area contributed by atoms with E-state index in [0.717, 1.165) is 12.1 Å². The predicted molar refractivity (Wildman–Crippen MR) is 155 cm³/mol. The second kappa shape index (κ2) is 13.7. The van der Waals surface area contributed by atoms with Gasteiger partial charge in [0.2, 0.25) is 5.16 Å². The lowest BCUT2D eigenvalue weighted by molar-refractivity contribution is 0.0956. The zero-order chi connectivity index (χ0) is 28.5. The van der Waals surface area contributed by atoms with Crippen LogP contribution in [-0.4, -0.2) is 68.9 Å². The van der Waals surface area contributed by atoms with Crippen molar-refractivity contribution in [3.05, 3.63) is 94.0 Å². The van der Waals surface area contributed by atoms with Crippen LogP contribution in [0.5, 0.6) is 5.75 Å². The molecular weight excluding hydrogens is 552 g/mol. The summed E-state index contributed by atoms with van der Waals surface area (Å²) < 4.78 is 1.75. The molecule has 0 aliphatic heterocycles. The smallest absolute Gasteiger partial charge is 0.273 e. The van der Waals surface area contributed by atoms with Crippen LogP contribution in [0.3, 0.4) is 0 Å². The Morgan fingerprint density at radius 1 is 1.10 bits per heavy atom. The summed E-state index contributed by atoms with van der Waals surface area (Å²) in [5.74, 6) is -0.304. The van der Waals surface area contributed by atoms with Crippen LogP contribution in [0.1, 0.15) is 31.8 Å². The first-order valence-electron chi connectivity index (χ1n) is 12.1. The van der Waals surface area contributed by atoms with Gasteiger partial charge < -0.3 is 15.3 Å².